The number of nitrogens with zero attached hydrogens (tertiary/aromatic N) is 3. The highest BCUT2D eigenvalue weighted by molar-refractivity contribution is 6.11. The van der Waals surface area contributed by atoms with Gasteiger partial charge in [0.1, 0.15) is 0 Å². The van der Waals surface area contributed by atoms with Crippen LogP contribution >= 0.6 is 0 Å². The molecule has 0 saturated heterocycles. The largest absolute Gasteiger partial charge is 0.416 e. The van der Waals surface area contributed by atoms with Gasteiger partial charge in [-0.15, -0.1) is 0 Å². The monoisotopic (exact) mass is 569 g/mol. The van der Waals surface area contributed by atoms with Crippen molar-refractivity contribution >= 4 is 43.6 Å². The number of halogens is 6. The van der Waals surface area contributed by atoms with Gasteiger partial charge in [-0.1, -0.05) is 36.4 Å². The van der Waals surface area contributed by atoms with Crippen LogP contribution in [0.25, 0.3) is 55.0 Å². The van der Waals surface area contributed by atoms with Crippen molar-refractivity contribution in [1.29, 1.82) is 5.26 Å². The molecule has 0 amide bonds. The van der Waals surface area contributed by atoms with Crippen molar-refractivity contribution in [3.63, 3.8) is 0 Å². The fourth-order valence-electron chi connectivity index (χ4n) is 5.77. The van der Waals surface area contributed by atoms with Crippen molar-refractivity contribution in [2.45, 2.75) is 12.4 Å². The van der Waals surface area contributed by atoms with Crippen LogP contribution < -0.4 is 0 Å². The third kappa shape index (κ3) is 3.90. The maximum Gasteiger partial charge on any atom is 0.416 e. The minimum absolute atomic E-state index is 0.276. The summed E-state index contributed by atoms with van der Waals surface area (Å²) in [6.45, 7) is 0. The summed E-state index contributed by atoms with van der Waals surface area (Å²) in [5, 5.41) is 12.0. The summed E-state index contributed by atoms with van der Waals surface area (Å²) in [7, 11) is 0. The Labute approximate surface area is 234 Å². The van der Waals surface area contributed by atoms with Crippen molar-refractivity contribution in [1.82, 2.24) is 9.13 Å². The van der Waals surface area contributed by atoms with Crippen LogP contribution in [0.5, 0.6) is 0 Å². The van der Waals surface area contributed by atoms with Gasteiger partial charge < -0.3 is 9.13 Å². The average Bonchev–Trinajstić information content (AvgIpc) is 3.48. The number of hydrogen-bond donors (Lipinski definition) is 0. The molecule has 2 heterocycles. The zero-order chi connectivity index (χ0) is 29.4. The summed E-state index contributed by atoms with van der Waals surface area (Å²) in [5.41, 5.74) is 2.10. The van der Waals surface area contributed by atoms with Crippen molar-refractivity contribution in [3.8, 4) is 17.4 Å². The third-order valence-corrected chi connectivity index (χ3v) is 7.55. The molecule has 3 nitrogen and oxygen atoms in total. The molecular weight excluding hydrogens is 552 g/mol. The van der Waals surface area contributed by atoms with Gasteiger partial charge in [0.15, 0.2) is 0 Å². The second-order valence-electron chi connectivity index (χ2n) is 10.0. The van der Waals surface area contributed by atoms with E-state index in [-0.39, 0.29) is 5.56 Å². The van der Waals surface area contributed by atoms with Crippen LogP contribution in [0.4, 0.5) is 26.3 Å². The van der Waals surface area contributed by atoms with Crippen molar-refractivity contribution in [2.75, 3.05) is 0 Å². The summed E-state index contributed by atoms with van der Waals surface area (Å²) in [4.78, 5) is 0. The highest BCUT2D eigenvalue weighted by Gasteiger charge is 2.32. The van der Waals surface area contributed by atoms with Gasteiger partial charge in [0.05, 0.1) is 44.8 Å². The summed E-state index contributed by atoms with van der Waals surface area (Å²) < 4.78 is 85.1. The first-order valence-electron chi connectivity index (χ1n) is 12.8. The fraction of sp³-hybridized carbons (Fsp3) is 0.0606. The summed E-state index contributed by atoms with van der Waals surface area (Å²) in [6.07, 6.45) is -9.04. The van der Waals surface area contributed by atoms with Gasteiger partial charge in [-0.25, -0.2) is 0 Å². The Bertz CT molecular complexity index is 2090. The number of nitriles is 1. The number of hydrogen-bond acceptors (Lipinski definition) is 1. The van der Waals surface area contributed by atoms with Gasteiger partial charge >= 0.3 is 12.4 Å². The maximum absolute atomic E-state index is 13.6. The summed E-state index contributed by atoms with van der Waals surface area (Å²) >= 11 is 0. The number of rotatable bonds is 2. The van der Waals surface area contributed by atoms with Crippen LogP contribution in [-0.2, 0) is 12.4 Å². The van der Waals surface area contributed by atoms with E-state index in [1.807, 2.05) is 0 Å². The normalized spacial score (nSPS) is 12.5. The molecule has 7 aromatic rings. The first-order valence-corrected chi connectivity index (χ1v) is 12.8. The van der Waals surface area contributed by atoms with Crippen LogP contribution in [-0.4, -0.2) is 9.13 Å². The SMILES string of the molecule is N#Cc1cc(-n2c3ccccc3c3cc(C(F)(F)F)ccc32)cc(-n2c3ccccc3c3cc(C(F)(F)F)ccc32)c1. The van der Waals surface area contributed by atoms with Crippen molar-refractivity contribution in [3.05, 3.63) is 120 Å². The van der Waals surface area contributed by atoms with Crippen molar-refractivity contribution < 1.29 is 26.3 Å². The molecule has 0 unspecified atom stereocenters. The van der Waals surface area contributed by atoms with Crippen LogP contribution in [0.1, 0.15) is 16.7 Å². The first-order chi connectivity index (χ1) is 20.0. The molecule has 7 rings (SSSR count). The lowest BCUT2D eigenvalue weighted by atomic mass is 10.1. The number of benzene rings is 5. The predicted molar refractivity (Wildman–Crippen MR) is 150 cm³/mol. The average molecular weight is 570 g/mol. The molecule has 0 saturated carbocycles. The quantitative estimate of drug-likeness (QED) is 0.191. The molecule has 0 fully saturated rings. The molecule has 0 N–H and O–H groups in total. The summed E-state index contributed by atoms with van der Waals surface area (Å²) in [5.74, 6) is 0. The lowest BCUT2D eigenvalue weighted by Gasteiger charge is -2.14. The zero-order valence-corrected chi connectivity index (χ0v) is 21.4. The minimum atomic E-state index is -4.52. The molecule has 0 aliphatic rings. The molecule has 42 heavy (non-hydrogen) atoms. The lowest BCUT2D eigenvalue weighted by molar-refractivity contribution is -0.138. The van der Waals surface area contributed by atoms with Crippen LogP contribution in [0, 0.1) is 11.3 Å². The topological polar surface area (TPSA) is 33.6 Å². The maximum atomic E-state index is 13.6. The van der Waals surface area contributed by atoms with E-state index in [2.05, 4.69) is 6.07 Å². The Morgan fingerprint density at radius 3 is 1.29 bits per heavy atom. The van der Waals surface area contributed by atoms with Gasteiger partial charge in [-0.3, -0.25) is 0 Å². The smallest absolute Gasteiger partial charge is 0.309 e. The van der Waals surface area contributed by atoms with E-state index in [4.69, 9.17) is 0 Å². The molecule has 0 spiro atoms. The number of fused-ring (bicyclic) bond motifs is 6. The molecule has 0 bridgehead atoms. The molecule has 9 heteroatoms. The van der Waals surface area contributed by atoms with E-state index in [9.17, 15) is 31.6 Å². The Balaban J connectivity index is 1.54. The Kier molecular flexibility index (Phi) is 5.44. The van der Waals surface area contributed by atoms with E-state index in [1.165, 1.54) is 12.1 Å². The van der Waals surface area contributed by atoms with Gasteiger partial charge in [0.2, 0.25) is 0 Å². The molecule has 0 radical (unpaired) electrons. The minimum Gasteiger partial charge on any atom is -0.309 e. The predicted octanol–water partition coefficient (Wildman–Crippen LogP) is 9.79. The number of aromatic nitrogens is 2. The Morgan fingerprint density at radius 1 is 0.476 bits per heavy atom. The first kappa shape index (κ1) is 25.7. The third-order valence-electron chi connectivity index (χ3n) is 7.55. The number of para-hydroxylation sites is 2. The fourth-order valence-corrected chi connectivity index (χ4v) is 5.77. The highest BCUT2D eigenvalue weighted by atomic mass is 19.4. The highest BCUT2D eigenvalue weighted by Crippen LogP contribution is 2.40. The second-order valence-corrected chi connectivity index (χ2v) is 10.0. The zero-order valence-electron chi connectivity index (χ0n) is 21.4. The second kappa shape index (κ2) is 8.88. The van der Waals surface area contributed by atoms with Gasteiger partial charge in [-0.05, 0) is 66.7 Å². The Hall–Kier alpha value is -5.23. The Morgan fingerprint density at radius 2 is 0.881 bits per heavy atom. The van der Waals surface area contributed by atoms with Crippen molar-refractivity contribution in [2.24, 2.45) is 0 Å². The van der Waals surface area contributed by atoms with E-state index >= 15 is 0 Å². The standard InChI is InChI=1S/C33H17F6N3/c34-32(35,36)20-9-11-30-26(15-20)24-5-1-3-7-28(24)41(30)22-13-19(18-40)14-23(17-22)42-29-8-4-2-6-25(29)27-16-21(33(37,38)39)10-12-31(27)42/h1-17H. The van der Waals surface area contributed by atoms with Gasteiger partial charge in [0, 0.05) is 32.9 Å². The molecule has 2 aromatic heterocycles. The van der Waals surface area contributed by atoms with Crippen LogP contribution in [0.15, 0.2) is 103 Å². The summed E-state index contributed by atoms with van der Waals surface area (Å²) in [6, 6.07) is 28.5. The lowest BCUT2D eigenvalue weighted by Crippen LogP contribution is -2.05. The van der Waals surface area contributed by atoms with E-state index in [1.54, 1.807) is 75.9 Å². The van der Waals surface area contributed by atoms with E-state index in [0.717, 1.165) is 24.3 Å². The molecule has 0 aliphatic carbocycles. The molecule has 206 valence electrons. The molecule has 5 aromatic carbocycles. The van der Waals surface area contributed by atoms with E-state index < -0.39 is 23.5 Å². The molecule has 0 aliphatic heterocycles. The van der Waals surface area contributed by atoms with E-state index in [0.29, 0.717) is 55.0 Å². The van der Waals surface area contributed by atoms with Crippen LogP contribution in [0.3, 0.4) is 0 Å². The molecule has 0 atom stereocenters. The van der Waals surface area contributed by atoms with Gasteiger partial charge in [-0.2, -0.15) is 31.6 Å². The molecular formula is C33H17F6N3. The van der Waals surface area contributed by atoms with Gasteiger partial charge in [0.25, 0.3) is 0 Å². The van der Waals surface area contributed by atoms with Crippen LogP contribution in [0.2, 0.25) is 0 Å². The number of alkyl halides is 6.